The van der Waals surface area contributed by atoms with Crippen molar-refractivity contribution >= 4 is 33.8 Å². The molecule has 0 unspecified atom stereocenters. The van der Waals surface area contributed by atoms with Gasteiger partial charge in [-0.3, -0.25) is 14.6 Å². The molecular weight excluding hydrogens is 358 g/mol. The molecule has 0 fully saturated rings. The highest BCUT2D eigenvalue weighted by atomic mass is 32.1. The first kappa shape index (κ1) is 17.4. The molecule has 4 rings (SSSR count). The van der Waals surface area contributed by atoms with Crippen LogP contribution in [0.25, 0.3) is 0 Å². The van der Waals surface area contributed by atoms with Gasteiger partial charge < -0.3 is 10.6 Å². The van der Waals surface area contributed by atoms with Crippen molar-refractivity contribution in [1.82, 2.24) is 4.98 Å². The fourth-order valence-electron chi connectivity index (χ4n) is 3.24. The van der Waals surface area contributed by atoms with Crippen molar-refractivity contribution in [3.8, 4) is 0 Å². The second-order valence-electron chi connectivity index (χ2n) is 6.58. The molecule has 27 heavy (non-hydrogen) atoms. The number of fused-ring (bicyclic) bond motifs is 1. The lowest BCUT2D eigenvalue weighted by Gasteiger charge is -2.10. The van der Waals surface area contributed by atoms with Crippen molar-refractivity contribution in [2.24, 2.45) is 0 Å². The third-order valence-corrected chi connectivity index (χ3v) is 5.82. The maximum atomic E-state index is 13.0. The molecule has 0 saturated carbocycles. The lowest BCUT2D eigenvalue weighted by molar-refractivity contribution is 0.102. The normalized spacial score (nSPS) is 12.5. The molecule has 2 amide bonds. The van der Waals surface area contributed by atoms with Crippen LogP contribution < -0.4 is 10.6 Å². The van der Waals surface area contributed by atoms with Crippen molar-refractivity contribution in [1.29, 1.82) is 0 Å². The molecule has 136 valence electrons. The maximum Gasteiger partial charge on any atom is 0.258 e. The van der Waals surface area contributed by atoms with E-state index in [0.717, 1.165) is 36.1 Å². The van der Waals surface area contributed by atoms with Crippen LogP contribution in [0, 0.1) is 6.92 Å². The number of aromatic nitrogens is 1. The minimum atomic E-state index is -0.257. The van der Waals surface area contributed by atoms with E-state index in [4.69, 9.17) is 0 Å². The number of anilines is 2. The van der Waals surface area contributed by atoms with E-state index >= 15 is 0 Å². The average Bonchev–Trinajstić information content (AvgIpc) is 3.25. The van der Waals surface area contributed by atoms with Gasteiger partial charge in [0.05, 0.1) is 11.1 Å². The van der Waals surface area contributed by atoms with Crippen LogP contribution in [0.4, 0.5) is 10.7 Å². The number of nitrogens with one attached hydrogen (secondary N) is 2. The summed E-state index contributed by atoms with van der Waals surface area (Å²) in [5.74, 6) is -0.438. The third kappa shape index (κ3) is 3.61. The SMILES string of the molecule is Cc1ccc(NC(=O)c2c(NC(=O)c3cccnc3)sc3c2CCC3)cc1. The standard InChI is InChI=1S/C21H19N3O2S/c1-13-7-9-15(10-8-13)23-20(26)18-16-5-2-6-17(16)27-21(18)24-19(25)14-4-3-11-22-12-14/h3-4,7-12H,2,5-6H2,1H3,(H,23,26)(H,24,25). The zero-order chi connectivity index (χ0) is 18.8. The zero-order valence-electron chi connectivity index (χ0n) is 14.9. The summed E-state index contributed by atoms with van der Waals surface area (Å²) in [6.07, 6.45) is 6.00. The number of amides is 2. The Balaban J connectivity index is 1.62. The molecule has 0 aliphatic heterocycles. The van der Waals surface area contributed by atoms with Gasteiger partial charge in [-0.25, -0.2) is 0 Å². The first-order valence-corrected chi connectivity index (χ1v) is 9.67. The molecule has 1 aliphatic carbocycles. The van der Waals surface area contributed by atoms with Crippen molar-refractivity contribution in [3.63, 3.8) is 0 Å². The first-order valence-electron chi connectivity index (χ1n) is 8.86. The van der Waals surface area contributed by atoms with Gasteiger partial charge in [0.1, 0.15) is 5.00 Å². The summed E-state index contributed by atoms with van der Waals surface area (Å²) in [7, 11) is 0. The van der Waals surface area contributed by atoms with E-state index in [1.807, 2.05) is 31.2 Å². The number of hydrogen-bond acceptors (Lipinski definition) is 4. The number of aryl methyl sites for hydroxylation is 2. The number of hydrogen-bond donors (Lipinski definition) is 2. The Bertz CT molecular complexity index is 994. The summed E-state index contributed by atoms with van der Waals surface area (Å²) in [6.45, 7) is 2.00. The average molecular weight is 377 g/mol. The first-order chi connectivity index (χ1) is 13.1. The van der Waals surface area contributed by atoms with Gasteiger partial charge in [-0.05, 0) is 56.0 Å². The summed E-state index contributed by atoms with van der Waals surface area (Å²) >= 11 is 1.50. The Morgan fingerprint density at radius 1 is 1.04 bits per heavy atom. The Morgan fingerprint density at radius 2 is 1.85 bits per heavy atom. The van der Waals surface area contributed by atoms with Crippen LogP contribution in [0.3, 0.4) is 0 Å². The molecule has 0 bridgehead atoms. The highest BCUT2D eigenvalue weighted by Crippen LogP contribution is 2.39. The Labute approximate surface area is 161 Å². The van der Waals surface area contributed by atoms with E-state index in [9.17, 15) is 9.59 Å². The fourth-order valence-corrected chi connectivity index (χ4v) is 4.52. The fraction of sp³-hybridized carbons (Fsp3) is 0.190. The van der Waals surface area contributed by atoms with Crippen molar-refractivity contribution in [2.75, 3.05) is 10.6 Å². The maximum absolute atomic E-state index is 13.0. The summed E-state index contributed by atoms with van der Waals surface area (Å²) in [6, 6.07) is 11.1. The van der Waals surface area contributed by atoms with E-state index in [1.165, 1.54) is 22.4 Å². The van der Waals surface area contributed by atoms with Gasteiger partial charge in [0.2, 0.25) is 0 Å². The van der Waals surface area contributed by atoms with Gasteiger partial charge in [-0.2, -0.15) is 0 Å². The molecule has 0 radical (unpaired) electrons. The lowest BCUT2D eigenvalue weighted by Crippen LogP contribution is -2.18. The van der Waals surface area contributed by atoms with Crippen LogP contribution in [0.1, 0.15) is 43.1 Å². The Kier molecular flexibility index (Phi) is 4.73. The largest absolute Gasteiger partial charge is 0.322 e. The van der Waals surface area contributed by atoms with Gasteiger partial charge >= 0.3 is 0 Å². The number of carbonyl (C=O) groups excluding carboxylic acids is 2. The van der Waals surface area contributed by atoms with E-state index in [2.05, 4.69) is 15.6 Å². The summed E-state index contributed by atoms with van der Waals surface area (Å²) in [4.78, 5) is 30.7. The van der Waals surface area contributed by atoms with Crippen molar-refractivity contribution in [3.05, 3.63) is 75.9 Å². The lowest BCUT2D eigenvalue weighted by atomic mass is 10.1. The summed E-state index contributed by atoms with van der Waals surface area (Å²) in [5.41, 5.74) is 3.99. The minimum Gasteiger partial charge on any atom is -0.322 e. The van der Waals surface area contributed by atoms with Crippen molar-refractivity contribution < 1.29 is 9.59 Å². The summed E-state index contributed by atoms with van der Waals surface area (Å²) < 4.78 is 0. The topological polar surface area (TPSA) is 71.1 Å². The predicted octanol–water partition coefficient (Wildman–Crippen LogP) is 4.44. The van der Waals surface area contributed by atoms with E-state index in [-0.39, 0.29) is 11.8 Å². The zero-order valence-corrected chi connectivity index (χ0v) is 15.7. The van der Waals surface area contributed by atoms with Crippen LogP contribution in [0.5, 0.6) is 0 Å². The van der Waals surface area contributed by atoms with Crippen LogP contribution >= 0.6 is 11.3 Å². The third-order valence-electron chi connectivity index (χ3n) is 4.61. The Morgan fingerprint density at radius 3 is 2.59 bits per heavy atom. The summed E-state index contributed by atoms with van der Waals surface area (Å²) in [5, 5.41) is 6.48. The number of pyridine rings is 1. The number of benzene rings is 1. The molecule has 0 saturated heterocycles. The highest BCUT2D eigenvalue weighted by molar-refractivity contribution is 7.17. The predicted molar refractivity (Wildman–Crippen MR) is 108 cm³/mol. The quantitative estimate of drug-likeness (QED) is 0.706. The van der Waals surface area contributed by atoms with Crippen molar-refractivity contribution in [2.45, 2.75) is 26.2 Å². The minimum absolute atomic E-state index is 0.181. The number of carbonyl (C=O) groups is 2. The molecule has 6 heteroatoms. The molecule has 2 heterocycles. The van der Waals surface area contributed by atoms with Crippen LogP contribution in [-0.2, 0) is 12.8 Å². The van der Waals surface area contributed by atoms with Crippen LogP contribution in [0.2, 0.25) is 0 Å². The smallest absolute Gasteiger partial charge is 0.258 e. The molecule has 3 aromatic rings. The second kappa shape index (κ2) is 7.32. The van der Waals surface area contributed by atoms with Gasteiger partial charge in [-0.15, -0.1) is 11.3 Å². The van der Waals surface area contributed by atoms with Gasteiger partial charge in [0, 0.05) is 23.0 Å². The Hall–Kier alpha value is -2.99. The molecule has 2 N–H and O–H groups in total. The molecule has 0 spiro atoms. The number of rotatable bonds is 4. The van der Waals surface area contributed by atoms with E-state index in [1.54, 1.807) is 18.3 Å². The number of nitrogens with zero attached hydrogens (tertiary/aromatic N) is 1. The molecule has 5 nitrogen and oxygen atoms in total. The second-order valence-corrected chi connectivity index (χ2v) is 7.68. The van der Waals surface area contributed by atoms with Gasteiger partial charge in [0.15, 0.2) is 0 Å². The monoisotopic (exact) mass is 377 g/mol. The molecule has 1 aromatic carbocycles. The molecule has 2 aromatic heterocycles. The van der Waals surface area contributed by atoms with Crippen LogP contribution in [-0.4, -0.2) is 16.8 Å². The molecular formula is C21H19N3O2S. The molecule has 0 atom stereocenters. The number of thiophene rings is 1. The van der Waals surface area contributed by atoms with E-state index in [0.29, 0.717) is 16.1 Å². The highest BCUT2D eigenvalue weighted by Gasteiger charge is 2.27. The molecule has 1 aliphatic rings. The van der Waals surface area contributed by atoms with E-state index < -0.39 is 0 Å². The van der Waals surface area contributed by atoms with Crippen LogP contribution in [0.15, 0.2) is 48.8 Å². The van der Waals surface area contributed by atoms with Gasteiger partial charge in [-0.1, -0.05) is 17.7 Å². The van der Waals surface area contributed by atoms with Gasteiger partial charge in [0.25, 0.3) is 11.8 Å².